The first-order valence-electron chi connectivity index (χ1n) is 7.85. The molecule has 1 atom stereocenters. The summed E-state index contributed by atoms with van der Waals surface area (Å²) in [5, 5.41) is 9.75. The molecule has 2 aromatic rings. The summed E-state index contributed by atoms with van der Waals surface area (Å²) in [5.74, 6) is 0.668. The Labute approximate surface area is 148 Å². The fraction of sp³-hybridized carbons (Fsp3) is 0.211. The second-order valence-electron chi connectivity index (χ2n) is 6.10. The van der Waals surface area contributed by atoms with Gasteiger partial charge in [-0.05, 0) is 59.5 Å². The second kappa shape index (κ2) is 6.15. The van der Waals surface area contributed by atoms with E-state index in [4.69, 9.17) is 4.99 Å². The van der Waals surface area contributed by atoms with E-state index in [1.54, 1.807) is 12.1 Å². The van der Waals surface area contributed by atoms with Crippen molar-refractivity contribution in [3.63, 3.8) is 0 Å². The minimum absolute atomic E-state index is 0.0302. The van der Waals surface area contributed by atoms with Gasteiger partial charge in [0.25, 0.3) is 0 Å². The number of aliphatic hydroxyl groups is 1. The van der Waals surface area contributed by atoms with Crippen LogP contribution in [-0.4, -0.2) is 28.5 Å². The molecule has 1 fully saturated rings. The van der Waals surface area contributed by atoms with E-state index >= 15 is 0 Å². The Morgan fingerprint density at radius 2 is 2.04 bits per heavy atom. The normalized spacial score (nSPS) is 20.8. The molecule has 0 aliphatic carbocycles. The van der Waals surface area contributed by atoms with Crippen LogP contribution >= 0.6 is 15.9 Å². The Morgan fingerprint density at radius 1 is 1.25 bits per heavy atom. The van der Waals surface area contributed by atoms with E-state index in [1.807, 2.05) is 18.2 Å². The average Bonchev–Trinajstić information content (AvgIpc) is 2.92. The van der Waals surface area contributed by atoms with Crippen LogP contribution in [0.1, 0.15) is 17.5 Å². The number of rotatable bonds is 2. The van der Waals surface area contributed by atoms with Gasteiger partial charge in [0.05, 0.1) is 18.3 Å². The zero-order valence-corrected chi connectivity index (χ0v) is 14.5. The number of hydrogen-bond donors (Lipinski definition) is 1. The number of hydrogen-bond acceptors (Lipinski definition) is 3. The molecule has 0 spiro atoms. The molecule has 24 heavy (non-hydrogen) atoms. The molecular weight excluding hydrogens is 371 g/mol. The number of halogens is 2. The van der Waals surface area contributed by atoms with Crippen LogP contribution in [0.15, 0.2) is 57.5 Å². The Morgan fingerprint density at radius 3 is 2.79 bits per heavy atom. The molecule has 0 aromatic heterocycles. The van der Waals surface area contributed by atoms with Crippen LogP contribution < -0.4 is 0 Å². The van der Waals surface area contributed by atoms with Crippen molar-refractivity contribution < 1.29 is 9.50 Å². The van der Waals surface area contributed by atoms with E-state index in [9.17, 15) is 9.50 Å². The van der Waals surface area contributed by atoms with Gasteiger partial charge in [0.2, 0.25) is 0 Å². The summed E-state index contributed by atoms with van der Waals surface area (Å²) < 4.78 is 14.1. The van der Waals surface area contributed by atoms with Crippen LogP contribution in [0.25, 0.3) is 6.08 Å². The van der Waals surface area contributed by atoms with Gasteiger partial charge in [-0.3, -0.25) is 0 Å². The molecular formula is C19H16BrFN2O. The third-order valence-corrected chi connectivity index (χ3v) is 4.98. The third-order valence-electron chi connectivity index (χ3n) is 4.49. The molecule has 0 amide bonds. The molecule has 0 radical (unpaired) electrons. The lowest BCUT2D eigenvalue weighted by Crippen LogP contribution is -2.36. The largest absolute Gasteiger partial charge is 0.394 e. The molecule has 5 heteroatoms. The van der Waals surface area contributed by atoms with Gasteiger partial charge in [-0.1, -0.05) is 28.1 Å². The van der Waals surface area contributed by atoms with Crippen molar-refractivity contribution in [1.29, 1.82) is 0 Å². The first-order valence-corrected chi connectivity index (χ1v) is 8.64. The van der Waals surface area contributed by atoms with Crippen LogP contribution in [0, 0.1) is 5.82 Å². The minimum atomic E-state index is -0.243. The maximum atomic E-state index is 13.1. The molecule has 0 saturated carbocycles. The first kappa shape index (κ1) is 15.5. The molecule has 4 rings (SSSR count). The zero-order valence-electron chi connectivity index (χ0n) is 12.9. The fourth-order valence-electron chi connectivity index (χ4n) is 3.29. The number of aliphatic imine (C=N–C) groups is 1. The van der Waals surface area contributed by atoms with Crippen molar-refractivity contribution >= 4 is 33.5 Å². The van der Waals surface area contributed by atoms with E-state index in [1.165, 1.54) is 12.1 Å². The summed E-state index contributed by atoms with van der Waals surface area (Å²) >= 11 is 3.50. The van der Waals surface area contributed by atoms with Gasteiger partial charge < -0.3 is 10.0 Å². The van der Waals surface area contributed by atoms with Gasteiger partial charge in [-0.2, -0.15) is 0 Å². The van der Waals surface area contributed by atoms with Crippen LogP contribution in [0.5, 0.6) is 0 Å². The fourth-order valence-corrected chi connectivity index (χ4v) is 3.70. The molecule has 2 aliphatic rings. The molecule has 2 heterocycles. The molecule has 122 valence electrons. The third kappa shape index (κ3) is 2.78. The van der Waals surface area contributed by atoms with E-state index in [2.05, 4.69) is 26.9 Å². The Hall–Kier alpha value is -1.98. The van der Waals surface area contributed by atoms with Gasteiger partial charge in [0.15, 0.2) is 0 Å². The van der Waals surface area contributed by atoms with E-state index < -0.39 is 0 Å². The zero-order chi connectivity index (χ0) is 16.7. The average molecular weight is 387 g/mol. The van der Waals surface area contributed by atoms with Crippen molar-refractivity contribution in [2.75, 3.05) is 6.61 Å². The summed E-state index contributed by atoms with van der Waals surface area (Å²) in [6.07, 6.45) is 2.77. The predicted molar refractivity (Wildman–Crippen MR) is 96.6 cm³/mol. The van der Waals surface area contributed by atoms with E-state index in [0.717, 1.165) is 45.7 Å². The van der Waals surface area contributed by atoms with Gasteiger partial charge in [-0.25, -0.2) is 9.38 Å². The van der Waals surface area contributed by atoms with Crippen molar-refractivity contribution in [3.8, 4) is 0 Å². The molecule has 0 unspecified atom stereocenters. The molecule has 2 aromatic carbocycles. The number of amidine groups is 1. The molecule has 3 nitrogen and oxygen atoms in total. The quantitative estimate of drug-likeness (QED) is 0.835. The minimum Gasteiger partial charge on any atom is -0.394 e. The van der Waals surface area contributed by atoms with Crippen molar-refractivity contribution in [1.82, 2.24) is 4.90 Å². The summed E-state index contributed by atoms with van der Waals surface area (Å²) in [4.78, 5) is 6.97. The molecule has 0 bridgehead atoms. The SMILES string of the molecule is OC[C@H]1C/C(=C/c2ccc(F)cc2)C2=Nc3ccc(Br)cc3CN21. The van der Waals surface area contributed by atoms with Crippen molar-refractivity contribution in [2.24, 2.45) is 4.99 Å². The van der Waals surface area contributed by atoms with Gasteiger partial charge >= 0.3 is 0 Å². The van der Waals surface area contributed by atoms with Crippen LogP contribution in [0.3, 0.4) is 0 Å². The highest BCUT2D eigenvalue weighted by molar-refractivity contribution is 9.10. The predicted octanol–water partition coefficient (Wildman–Crippen LogP) is 4.28. The number of fused-ring (bicyclic) bond motifs is 2. The smallest absolute Gasteiger partial charge is 0.133 e. The molecule has 1 saturated heterocycles. The van der Waals surface area contributed by atoms with Crippen molar-refractivity contribution in [3.05, 3.63) is 69.5 Å². The van der Waals surface area contributed by atoms with Crippen molar-refractivity contribution in [2.45, 2.75) is 19.0 Å². The van der Waals surface area contributed by atoms with E-state index in [0.29, 0.717) is 0 Å². The summed E-state index contributed by atoms with van der Waals surface area (Å²) in [6.45, 7) is 0.822. The van der Waals surface area contributed by atoms with Gasteiger partial charge in [0.1, 0.15) is 11.7 Å². The highest BCUT2D eigenvalue weighted by Gasteiger charge is 2.35. The Balaban J connectivity index is 1.76. The van der Waals surface area contributed by atoms with Crippen LogP contribution in [-0.2, 0) is 6.54 Å². The number of aliphatic hydroxyl groups excluding tert-OH is 1. The first-order chi connectivity index (χ1) is 11.6. The van der Waals surface area contributed by atoms with Gasteiger partial charge in [0, 0.05) is 11.0 Å². The Kier molecular flexibility index (Phi) is 3.98. The summed E-state index contributed by atoms with van der Waals surface area (Å²) in [7, 11) is 0. The topological polar surface area (TPSA) is 35.8 Å². The van der Waals surface area contributed by atoms with E-state index in [-0.39, 0.29) is 18.5 Å². The summed E-state index contributed by atoms with van der Waals surface area (Å²) in [5.41, 5.74) is 4.13. The number of benzene rings is 2. The highest BCUT2D eigenvalue weighted by Crippen LogP contribution is 2.37. The number of nitrogens with zero attached hydrogens (tertiary/aromatic N) is 2. The maximum Gasteiger partial charge on any atom is 0.133 e. The summed E-state index contributed by atoms with van der Waals surface area (Å²) in [6, 6.07) is 12.5. The highest BCUT2D eigenvalue weighted by atomic mass is 79.9. The standard InChI is InChI=1S/C19H16BrFN2O/c20-15-3-6-18-14(8-15)10-23-17(11-24)9-13(19(23)22-18)7-12-1-4-16(21)5-2-12/h1-8,17,24H,9-11H2/b13-7-/t17-/m1/s1. The van der Waals surface area contributed by atoms with Crippen LogP contribution in [0.2, 0.25) is 0 Å². The lowest BCUT2D eigenvalue weighted by Gasteiger charge is -2.29. The lowest BCUT2D eigenvalue weighted by atomic mass is 10.1. The van der Waals surface area contributed by atoms with Gasteiger partial charge in [-0.15, -0.1) is 0 Å². The molecule has 1 N–H and O–H groups in total. The molecule has 2 aliphatic heterocycles. The van der Waals surface area contributed by atoms with Crippen LogP contribution in [0.4, 0.5) is 10.1 Å². The second-order valence-corrected chi connectivity index (χ2v) is 7.01. The maximum absolute atomic E-state index is 13.1. The monoisotopic (exact) mass is 386 g/mol. The lowest BCUT2D eigenvalue weighted by molar-refractivity contribution is 0.188. The Bertz CT molecular complexity index is 845.